The molecule has 8 rings (SSSR count). The first-order valence-electron chi connectivity index (χ1n) is 17.7. The van der Waals surface area contributed by atoms with E-state index in [1.807, 2.05) is 52.0 Å². The van der Waals surface area contributed by atoms with Gasteiger partial charge in [-0.25, -0.2) is 4.90 Å². The number of carbonyl (C=O) groups excluding carboxylic acids is 4. The quantitative estimate of drug-likeness (QED) is 0.170. The third-order valence-electron chi connectivity index (χ3n) is 12.0. The van der Waals surface area contributed by atoms with E-state index >= 15 is 4.79 Å². The largest absolute Gasteiger partial charge is 0.508 e. The van der Waals surface area contributed by atoms with E-state index in [1.54, 1.807) is 36.1 Å². The highest BCUT2D eigenvalue weighted by molar-refractivity contribution is 7.22. The number of aromatic hydroxyl groups is 1. The maximum Gasteiger partial charge on any atom is 0.242 e. The Bertz CT molecular complexity index is 2300. The van der Waals surface area contributed by atoms with Crippen LogP contribution in [0.4, 0.5) is 5.82 Å². The molecule has 276 valence electrons. The molecule has 2 aromatic heterocycles. The van der Waals surface area contributed by atoms with E-state index in [-0.39, 0.29) is 35.5 Å². The zero-order valence-electron chi connectivity index (χ0n) is 30.8. The SMILES string of the molecule is COc1cc(O)cc(OC)c1C1C2=CCC3C(=O)N(C(C)(C)C)C(=O)C3C2CC2C(=O)N(c3cc(-c4sc5ccc(Cl)cc5c4C)nn3C)C(=O)C21C. The number of methoxy groups -OCH3 is 2. The van der Waals surface area contributed by atoms with Gasteiger partial charge in [0.2, 0.25) is 23.6 Å². The third kappa shape index (κ3) is 4.87. The molecule has 2 saturated heterocycles. The Labute approximate surface area is 316 Å². The number of amides is 4. The molecule has 13 heteroatoms. The van der Waals surface area contributed by atoms with Crippen LogP contribution < -0.4 is 14.4 Å². The average Bonchev–Trinajstić information content (AvgIpc) is 3.77. The molecule has 0 radical (unpaired) electrons. The number of benzene rings is 2. The van der Waals surface area contributed by atoms with E-state index in [4.69, 9.17) is 26.2 Å². The van der Waals surface area contributed by atoms with Crippen molar-refractivity contribution < 1.29 is 33.8 Å². The van der Waals surface area contributed by atoms with Crippen molar-refractivity contribution in [1.82, 2.24) is 14.7 Å². The number of hydrogen-bond donors (Lipinski definition) is 1. The van der Waals surface area contributed by atoms with Crippen LogP contribution in [0.1, 0.15) is 57.6 Å². The highest BCUT2D eigenvalue weighted by Gasteiger charge is 2.69. The number of hydrogen-bond acceptors (Lipinski definition) is 9. The van der Waals surface area contributed by atoms with E-state index in [1.165, 1.54) is 36.2 Å². The molecule has 1 N–H and O–H groups in total. The van der Waals surface area contributed by atoms with Gasteiger partial charge in [0.25, 0.3) is 0 Å². The molecule has 0 bridgehead atoms. The molecular weight excluding hydrogens is 716 g/mol. The summed E-state index contributed by atoms with van der Waals surface area (Å²) in [6.07, 6.45) is 2.49. The first-order valence-corrected chi connectivity index (χ1v) is 18.9. The van der Waals surface area contributed by atoms with Crippen molar-refractivity contribution in [1.29, 1.82) is 0 Å². The Morgan fingerprint density at radius 2 is 1.66 bits per heavy atom. The number of aryl methyl sites for hydroxylation is 2. The Kier molecular flexibility index (Phi) is 7.95. The number of ether oxygens (including phenoxy) is 2. The van der Waals surface area contributed by atoms with Gasteiger partial charge in [0, 0.05) is 52.0 Å². The van der Waals surface area contributed by atoms with Crippen molar-refractivity contribution in [2.75, 3.05) is 19.1 Å². The minimum Gasteiger partial charge on any atom is -0.508 e. The summed E-state index contributed by atoms with van der Waals surface area (Å²) in [4.78, 5) is 61.8. The van der Waals surface area contributed by atoms with Crippen LogP contribution in [0.2, 0.25) is 5.02 Å². The minimum atomic E-state index is -1.37. The zero-order valence-corrected chi connectivity index (χ0v) is 32.4. The van der Waals surface area contributed by atoms with E-state index in [2.05, 4.69) is 0 Å². The lowest BCUT2D eigenvalue weighted by atomic mass is 9.51. The number of likely N-dealkylation sites (tertiary alicyclic amines) is 1. The van der Waals surface area contributed by atoms with E-state index in [0.717, 1.165) is 26.1 Å². The molecule has 0 spiro atoms. The smallest absolute Gasteiger partial charge is 0.242 e. The van der Waals surface area contributed by atoms with Gasteiger partial charge in [0.05, 0.1) is 42.3 Å². The number of aromatic nitrogens is 2. The lowest BCUT2D eigenvalue weighted by Crippen LogP contribution is -2.49. The summed E-state index contributed by atoms with van der Waals surface area (Å²) in [5, 5.41) is 17.1. The number of halogens is 1. The van der Waals surface area contributed by atoms with Gasteiger partial charge in [0.15, 0.2) is 0 Å². The van der Waals surface area contributed by atoms with Gasteiger partial charge in [-0.3, -0.25) is 28.8 Å². The van der Waals surface area contributed by atoms with Crippen molar-refractivity contribution in [3.8, 4) is 27.8 Å². The van der Waals surface area contributed by atoms with Crippen LogP contribution in [0.25, 0.3) is 20.7 Å². The average molecular weight is 757 g/mol. The molecule has 6 atom stereocenters. The van der Waals surface area contributed by atoms with E-state index in [0.29, 0.717) is 28.5 Å². The van der Waals surface area contributed by atoms with Crippen molar-refractivity contribution >= 4 is 62.5 Å². The lowest BCUT2D eigenvalue weighted by Gasteiger charge is -2.49. The van der Waals surface area contributed by atoms with Crippen LogP contribution in [-0.4, -0.2) is 63.2 Å². The molecule has 4 aromatic rings. The second kappa shape index (κ2) is 11.9. The first kappa shape index (κ1) is 35.4. The molecule has 3 fully saturated rings. The number of allylic oxidation sites excluding steroid dienone is 2. The molecule has 1 saturated carbocycles. The van der Waals surface area contributed by atoms with Gasteiger partial charge in [0.1, 0.15) is 28.8 Å². The Hall–Kier alpha value is -4.68. The number of rotatable bonds is 5. The van der Waals surface area contributed by atoms with Crippen molar-refractivity contribution in [2.24, 2.45) is 36.1 Å². The van der Waals surface area contributed by atoms with Gasteiger partial charge in [-0.05, 0) is 82.5 Å². The summed E-state index contributed by atoms with van der Waals surface area (Å²) in [5.41, 5.74) is 0.796. The third-order valence-corrected chi connectivity index (χ3v) is 13.5. The molecular formula is C40H41ClN4O7S. The summed E-state index contributed by atoms with van der Waals surface area (Å²) in [6, 6.07) is 10.4. The van der Waals surface area contributed by atoms with Gasteiger partial charge < -0.3 is 14.6 Å². The van der Waals surface area contributed by atoms with Gasteiger partial charge in [-0.1, -0.05) is 23.3 Å². The molecule has 6 unspecified atom stereocenters. The number of phenolic OH excluding ortho intramolecular Hbond substituents is 1. The van der Waals surface area contributed by atoms with E-state index in [9.17, 15) is 19.5 Å². The summed E-state index contributed by atoms with van der Waals surface area (Å²) in [6.45, 7) is 9.34. The van der Waals surface area contributed by atoms with Crippen molar-refractivity contribution in [2.45, 2.75) is 58.9 Å². The summed E-state index contributed by atoms with van der Waals surface area (Å²) >= 11 is 7.88. The standard InChI is InChI=1S/C40H41ClN4O7S/c1-18-23-13-19(41)9-12-29(23)53-34(18)26-17-30(43(6)42-26)44-36(48)25-16-24-21(10-11-22-31(24)37(49)45(35(22)47)39(2,3)4)33(40(25,5)38(44)50)32-27(51-7)14-20(46)15-28(32)52-8/h9-10,12-15,17,22,24-25,31,33,46H,11,16H2,1-8H3. The zero-order chi connectivity index (χ0) is 38.0. The van der Waals surface area contributed by atoms with E-state index < -0.39 is 52.4 Å². The lowest BCUT2D eigenvalue weighted by molar-refractivity contribution is -0.145. The monoisotopic (exact) mass is 756 g/mol. The Balaban J connectivity index is 1.30. The second-order valence-electron chi connectivity index (χ2n) is 15.8. The number of anilines is 1. The molecule has 2 aliphatic heterocycles. The summed E-state index contributed by atoms with van der Waals surface area (Å²) < 4.78 is 14.3. The molecule has 4 heterocycles. The predicted molar refractivity (Wildman–Crippen MR) is 201 cm³/mol. The number of fused-ring (bicyclic) bond motifs is 5. The Morgan fingerprint density at radius 3 is 2.30 bits per heavy atom. The highest BCUT2D eigenvalue weighted by atomic mass is 35.5. The molecule has 4 amide bonds. The van der Waals surface area contributed by atoms with Crippen LogP contribution in [-0.2, 0) is 26.2 Å². The fourth-order valence-corrected chi connectivity index (χ4v) is 10.9. The topological polar surface area (TPSA) is 131 Å². The fourth-order valence-electron chi connectivity index (χ4n) is 9.63. The van der Waals surface area contributed by atoms with Crippen LogP contribution in [0, 0.1) is 36.0 Å². The fraction of sp³-hybridized carbons (Fsp3) is 0.425. The van der Waals surface area contributed by atoms with Crippen LogP contribution in [0.3, 0.4) is 0 Å². The molecule has 11 nitrogen and oxygen atoms in total. The normalized spacial score (nSPS) is 27.0. The first-order chi connectivity index (χ1) is 25.0. The minimum absolute atomic E-state index is 0.0942. The highest BCUT2D eigenvalue weighted by Crippen LogP contribution is 2.66. The summed E-state index contributed by atoms with van der Waals surface area (Å²) in [7, 11) is 4.65. The van der Waals surface area contributed by atoms with Crippen molar-refractivity contribution in [3.05, 3.63) is 64.2 Å². The molecule has 2 aromatic carbocycles. The summed E-state index contributed by atoms with van der Waals surface area (Å²) in [5.74, 6) is -3.98. The number of imide groups is 2. The van der Waals surface area contributed by atoms with Gasteiger partial charge in [-0.2, -0.15) is 5.10 Å². The maximum absolute atomic E-state index is 15.2. The number of phenols is 1. The molecule has 53 heavy (non-hydrogen) atoms. The Morgan fingerprint density at radius 1 is 0.981 bits per heavy atom. The maximum atomic E-state index is 15.2. The number of carbonyl (C=O) groups is 4. The van der Waals surface area contributed by atoms with Crippen LogP contribution in [0.15, 0.2) is 48.0 Å². The second-order valence-corrected chi connectivity index (χ2v) is 17.3. The molecule has 4 aliphatic rings. The molecule has 2 aliphatic carbocycles. The van der Waals surface area contributed by atoms with Crippen molar-refractivity contribution in [3.63, 3.8) is 0 Å². The number of nitrogens with zero attached hydrogens (tertiary/aromatic N) is 4. The number of thiophene rings is 1. The van der Waals surface area contributed by atoms with Crippen LogP contribution in [0.5, 0.6) is 17.2 Å². The van der Waals surface area contributed by atoms with Gasteiger partial charge in [-0.15, -0.1) is 11.3 Å². The van der Waals surface area contributed by atoms with Gasteiger partial charge >= 0.3 is 0 Å². The predicted octanol–water partition coefficient (Wildman–Crippen LogP) is 7.02. The van der Waals surface area contributed by atoms with Crippen LogP contribution >= 0.6 is 22.9 Å².